The number of hydrogen-bond donors (Lipinski definition) is 3. The zero-order valence-corrected chi connectivity index (χ0v) is 11.2. The van der Waals surface area contributed by atoms with E-state index in [1.807, 2.05) is 12.1 Å². The Morgan fingerprint density at radius 2 is 2.05 bits per heavy atom. The van der Waals surface area contributed by atoms with Crippen molar-refractivity contribution in [1.82, 2.24) is 0 Å². The van der Waals surface area contributed by atoms with E-state index in [-0.39, 0.29) is 10.9 Å². The SMILES string of the molecule is NC(=NO)c1ccccc1CNc1ccc(Cl)c(F)c1. The zero-order valence-electron chi connectivity index (χ0n) is 10.5. The second-order valence-electron chi connectivity index (χ2n) is 4.12. The van der Waals surface area contributed by atoms with Crippen LogP contribution in [0.1, 0.15) is 11.1 Å². The first kappa shape index (κ1) is 14.1. The number of amidine groups is 1. The molecule has 4 nitrogen and oxygen atoms in total. The number of nitrogens with zero attached hydrogens (tertiary/aromatic N) is 1. The minimum absolute atomic E-state index is 0.0321. The first-order chi connectivity index (χ1) is 9.61. The highest BCUT2D eigenvalue weighted by molar-refractivity contribution is 6.30. The van der Waals surface area contributed by atoms with Crippen LogP contribution in [-0.2, 0) is 6.54 Å². The summed E-state index contributed by atoms with van der Waals surface area (Å²) in [7, 11) is 0. The monoisotopic (exact) mass is 293 g/mol. The maximum atomic E-state index is 13.3. The molecular formula is C14H13ClFN3O. The second-order valence-corrected chi connectivity index (χ2v) is 4.53. The van der Waals surface area contributed by atoms with E-state index < -0.39 is 5.82 Å². The van der Waals surface area contributed by atoms with Gasteiger partial charge in [-0.15, -0.1) is 0 Å². The van der Waals surface area contributed by atoms with Gasteiger partial charge in [0, 0.05) is 17.8 Å². The molecule has 0 aromatic heterocycles. The van der Waals surface area contributed by atoms with Crippen LogP contribution in [0.15, 0.2) is 47.6 Å². The number of halogens is 2. The predicted octanol–water partition coefficient (Wildman–Crippen LogP) is 3.19. The van der Waals surface area contributed by atoms with E-state index in [1.165, 1.54) is 12.1 Å². The summed E-state index contributed by atoms with van der Waals surface area (Å²) in [6.07, 6.45) is 0. The number of oxime groups is 1. The lowest BCUT2D eigenvalue weighted by atomic mass is 10.1. The summed E-state index contributed by atoms with van der Waals surface area (Å²) in [5.41, 5.74) is 7.65. The van der Waals surface area contributed by atoms with Gasteiger partial charge in [0.05, 0.1) is 5.02 Å². The van der Waals surface area contributed by atoms with Gasteiger partial charge in [0.15, 0.2) is 5.84 Å². The van der Waals surface area contributed by atoms with Crippen molar-refractivity contribution in [3.05, 3.63) is 64.4 Å². The van der Waals surface area contributed by atoms with Crippen molar-refractivity contribution in [2.45, 2.75) is 6.54 Å². The van der Waals surface area contributed by atoms with Gasteiger partial charge in [-0.05, 0) is 23.8 Å². The fourth-order valence-corrected chi connectivity index (χ4v) is 1.90. The standard InChI is InChI=1S/C14H13ClFN3O/c15-12-6-5-10(7-13(12)16)18-8-9-3-1-2-4-11(9)14(17)19-20/h1-7,18,20H,8H2,(H2,17,19). The number of anilines is 1. The van der Waals surface area contributed by atoms with E-state index in [4.69, 9.17) is 22.5 Å². The number of nitrogens with one attached hydrogen (secondary N) is 1. The molecule has 0 aliphatic rings. The van der Waals surface area contributed by atoms with Crippen molar-refractivity contribution in [3.8, 4) is 0 Å². The summed E-state index contributed by atoms with van der Waals surface area (Å²) >= 11 is 5.62. The molecule has 2 aromatic carbocycles. The van der Waals surface area contributed by atoms with Gasteiger partial charge in [-0.1, -0.05) is 41.0 Å². The third kappa shape index (κ3) is 3.19. The largest absolute Gasteiger partial charge is 0.409 e. The third-order valence-electron chi connectivity index (χ3n) is 2.80. The van der Waals surface area contributed by atoms with Crippen molar-refractivity contribution in [2.75, 3.05) is 5.32 Å². The maximum Gasteiger partial charge on any atom is 0.170 e. The molecule has 0 spiro atoms. The summed E-state index contributed by atoms with van der Waals surface area (Å²) in [6, 6.07) is 11.7. The average molecular weight is 294 g/mol. The molecular weight excluding hydrogens is 281 g/mol. The van der Waals surface area contributed by atoms with Crippen LogP contribution in [-0.4, -0.2) is 11.0 Å². The van der Waals surface area contributed by atoms with Crippen LogP contribution in [0.25, 0.3) is 0 Å². The smallest absolute Gasteiger partial charge is 0.170 e. The lowest BCUT2D eigenvalue weighted by Gasteiger charge is -2.10. The molecule has 2 rings (SSSR count). The van der Waals surface area contributed by atoms with E-state index in [9.17, 15) is 4.39 Å². The van der Waals surface area contributed by atoms with E-state index in [0.717, 1.165) is 5.56 Å². The Morgan fingerprint density at radius 3 is 2.75 bits per heavy atom. The van der Waals surface area contributed by atoms with E-state index in [2.05, 4.69) is 10.5 Å². The van der Waals surface area contributed by atoms with Crippen molar-refractivity contribution in [1.29, 1.82) is 0 Å². The lowest BCUT2D eigenvalue weighted by molar-refractivity contribution is 0.318. The Balaban J connectivity index is 2.17. The van der Waals surface area contributed by atoms with Gasteiger partial charge < -0.3 is 16.3 Å². The number of benzene rings is 2. The van der Waals surface area contributed by atoms with Gasteiger partial charge >= 0.3 is 0 Å². The predicted molar refractivity (Wildman–Crippen MR) is 77.7 cm³/mol. The van der Waals surface area contributed by atoms with Gasteiger partial charge in [0.25, 0.3) is 0 Å². The third-order valence-corrected chi connectivity index (χ3v) is 3.11. The summed E-state index contributed by atoms with van der Waals surface area (Å²) in [4.78, 5) is 0. The molecule has 6 heteroatoms. The molecule has 20 heavy (non-hydrogen) atoms. The molecule has 0 heterocycles. The Labute approximate surface area is 120 Å². The first-order valence-electron chi connectivity index (χ1n) is 5.86. The summed E-state index contributed by atoms with van der Waals surface area (Å²) in [5.74, 6) is -0.453. The first-order valence-corrected chi connectivity index (χ1v) is 6.24. The molecule has 0 unspecified atom stereocenters. The highest BCUT2D eigenvalue weighted by Gasteiger charge is 2.06. The molecule has 0 saturated carbocycles. The second kappa shape index (κ2) is 6.25. The van der Waals surface area contributed by atoms with Gasteiger partial charge in [-0.25, -0.2) is 4.39 Å². The van der Waals surface area contributed by atoms with Crippen LogP contribution in [0.4, 0.5) is 10.1 Å². The zero-order chi connectivity index (χ0) is 14.5. The Kier molecular flexibility index (Phi) is 4.42. The normalized spacial score (nSPS) is 11.4. The topological polar surface area (TPSA) is 70.6 Å². The van der Waals surface area contributed by atoms with Crippen molar-refractivity contribution >= 4 is 23.1 Å². The lowest BCUT2D eigenvalue weighted by Crippen LogP contribution is -2.16. The van der Waals surface area contributed by atoms with Crippen molar-refractivity contribution in [3.63, 3.8) is 0 Å². The molecule has 0 amide bonds. The molecule has 0 atom stereocenters. The average Bonchev–Trinajstić information content (AvgIpc) is 2.48. The summed E-state index contributed by atoms with van der Waals surface area (Å²) in [6.45, 7) is 0.410. The molecule has 4 N–H and O–H groups in total. The molecule has 0 aliphatic heterocycles. The summed E-state index contributed by atoms with van der Waals surface area (Å²) < 4.78 is 13.3. The van der Waals surface area contributed by atoms with E-state index in [0.29, 0.717) is 17.8 Å². The van der Waals surface area contributed by atoms with Gasteiger partial charge in [-0.3, -0.25) is 0 Å². The Morgan fingerprint density at radius 1 is 1.30 bits per heavy atom. The van der Waals surface area contributed by atoms with Gasteiger partial charge in [0.1, 0.15) is 5.82 Å². The number of nitrogens with two attached hydrogens (primary N) is 1. The highest BCUT2D eigenvalue weighted by atomic mass is 35.5. The molecule has 0 radical (unpaired) electrons. The van der Waals surface area contributed by atoms with Crippen LogP contribution in [0, 0.1) is 5.82 Å². The van der Waals surface area contributed by atoms with Crippen LogP contribution >= 0.6 is 11.6 Å². The number of rotatable bonds is 4. The molecule has 0 fully saturated rings. The van der Waals surface area contributed by atoms with Crippen LogP contribution in [0.3, 0.4) is 0 Å². The molecule has 2 aromatic rings. The molecule has 0 aliphatic carbocycles. The van der Waals surface area contributed by atoms with Crippen LogP contribution < -0.4 is 11.1 Å². The van der Waals surface area contributed by atoms with E-state index in [1.54, 1.807) is 18.2 Å². The van der Waals surface area contributed by atoms with Crippen LogP contribution in [0.2, 0.25) is 5.02 Å². The van der Waals surface area contributed by atoms with Crippen molar-refractivity contribution < 1.29 is 9.60 Å². The quantitative estimate of drug-likeness (QED) is 0.351. The fraction of sp³-hybridized carbons (Fsp3) is 0.0714. The maximum absolute atomic E-state index is 13.3. The Hall–Kier alpha value is -2.27. The van der Waals surface area contributed by atoms with Gasteiger partial charge in [0.2, 0.25) is 0 Å². The van der Waals surface area contributed by atoms with Gasteiger partial charge in [-0.2, -0.15) is 0 Å². The minimum atomic E-state index is -0.485. The van der Waals surface area contributed by atoms with Crippen molar-refractivity contribution in [2.24, 2.45) is 10.9 Å². The van der Waals surface area contributed by atoms with E-state index >= 15 is 0 Å². The highest BCUT2D eigenvalue weighted by Crippen LogP contribution is 2.19. The molecule has 104 valence electrons. The fourth-order valence-electron chi connectivity index (χ4n) is 1.78. The Bertz CT molecular complexity index is 646. The molecule has 0 saturated heterocycles. The molecule has 0 bridgehead atoms. The minimum Gasteiger partial charge on any atom is -0.409 e. The number of hydrogen-bond acceptors (Lipinski definition) is 3. The summed E-state index contributed by atoms with van der Waals surface area (Å²) in [5, 5.41) is 14.9. The van der Waals surface area contributed by atoms with Crippen LogP contribution in [0.5, 0.6) is 0 Å².